The van der Waals surface area contributed by atoms with Crippen molar-refractivity contribution in [3.63, 3.8) is 0 Å². The van der Waals surface area contributed by atoms with Crippen LogP contribution >= 0.6 is 8.03 Å². The van der Waals surface area contributed by atoms with Gasteiger partial charge in [0.15, 0.2) is 0 Å². The first-order valence-corrected chi connectivity index (χ1v) is 7.90. The van der Waals surface area contributed by atoms with E-state index in [0.29, 0.717) is 6.10 Å². The zero-order valence-electron chi connectivity index (χ0n) is 11.7. The third kappa shape index (κ3) is 4.07. The van der Waals surface area contributed by atoms with Gasteiger partial charge in [0.05, 0.1) is 6.10 Å². The van der Waals surface area contributed by atoms with Gasteiger partial charge in [0.2, 0.25) is 0 Å². The van der Waals surface area contributed by atoms with Gasteiger partial charge in [0, 0.05) is 7.57 Å². The van der Waals surface area contributed by atoms with Crippen LogP contribution in [0.5, 0.6) is 0 Å². The standard InChI is InChI=1S/C16H27BOP/c1-12(2)15-10-9-13(3)11-16(15)18-19(17)14-7-5-4-6-8-14/h4-8,12-13,15-16H,9-11H2,1-3,17H3/q-1/t13-,15+,16-,19?/m1/s1. The van der Waals surface area contributed by atoms with Crippen LogP contribution in [0.2, 0.25) is 0 Å². The quantitative estimate of drug-likeness (QED) is 0.605. The summed E-state index contributed by atoms with van der Waals surface area (Å²) >= 11 is 0. The van der Waals surface area contributed by atoms with E-state index in [0.717, 1.165) is 17.8 Å². The normalized spacial score (nSPS) is 29.4. The van der Waals surface area contributed by atoms with Crippen LogP contribution in [-0.2, 0) is 4.52 Å². The summed E-state index contributed by atoms with van der Waals surface area (Å²) in [6.07, 6.45) is 4.55. The molecule has 0 N–H and O–H groups in total. The van der Waals surface area contributed by atoms with Crippen molar-refractivity contribution in [2.24, 2.45) is 17.8 Å². The molecule has 0 radical (unpaired) electrons. The van der Waals surface area contributed by atoms with Crippen LogP contribution in [0.3, 0.4) is 0 Å². The molecule has 1 aliphatic carbocycles. The molecule has 2 rings (SSSR count). The van der Waals surface area contributed by atoms with E-state index >= 15 is 0 Å². The van der Waals surface area contributed by atoms with E-state index in [9.17, 15) is 0 Å². The van der Waals surface area contributed by atoms with Crippen LogP contribution in [0.1, 0.15) is 40.0 Å². The Kier molecular flexibility index (Phi) is 5.48. The molecule has 19 heavy (non-hydrogen) atoms. The fraction of sp³-hybridized carbons (Fsp3) is 0.625. The Hall–Kier alpha value is -0.325. The van der Waals surface area contributed by atoms with Crippen LogP contribution in [0.25, 0.3) is 0 Å². The Labute approximate surface area is 120 Å². The van der Waals surface area contributed by atoms with Gasteiger partial charge in [0.25, 0.3) is 0 Å². The highest BCUT2D eigenvalue weighted by atomic mass is 31.1. The van der Waals surface area contributed by atoms with Gasteiger partial charge in [-0.25, -0.2) is 0 Å². The van der Waals surface area contributed by atoms with Crippen molar-refractivity contribution < 1.29 is 4.52 Å². The molecule has 106 valence electrons. The molecule has 4 atom stereocenters. The van der Waals surface area contributed by atoms with Crippen molar-refractivity contribution >= 4 is 20.9 Å². The molecule has 1 saturated carbocycles. The number of rotatable bonds is 4. The van der Waals surface area contributed by atoms with Crippen LogP contribution in [0.15, 0.2) is 30.3 Å². The lowest BCUT2D eigenvalue weighted by Gasteiger charge is -2.40. The van der Waals surface area contributed by atoms with Gasteiger partial charge in [0.1, 0.15) is 0 Å². The molecule has 0 spiro atoms. The molecule has 1 nitrogen and oxygen atoms in total. The Balaban J connectivity index is 2.02. The molecular formula is C16H27BOP-. The maximum atomic E-state index is 6.60. The highest BCUT2D eigenvalue weighted by Crippen LogP contribution is 2.42. The molecule has 1 aromatic rings. The SMILES string of the molecule is [BH3-]P(O[C@@H]1C[C@H](C)CC[C@H]1C(C)C)c1ccccc1. The van der Waals surface area contributed by atoms with Crippen molar-refractivity contribution in [3.05, 3.63) is 30.3 Å². The highest BCUT2D eigenvalue weighted by Gasteiger charge is 2.31. The number of hydrogen-bond acceptors (Lipinski definition) is 1. The Morgan fingerprint density at radius 1 is 1.21 bits per heavy atom. The minimum Gasteiger partial charge on any atom is -0.392 e. The zero-order valence-corrected chi connectivity index (χ0v) is 12.6. The lowest BCUT2D eigenvalue weighted by molar-refractivity contribution is 0.0583. The third-order valence-electron chi connectivity index (χ3n) is 4.01. The maximum absolute atomic E-state index is 6.60. The third-order valence-corrected chi connectivity index (χ3v) is 4.90. The van der Waals surface area contributed by atoms with Gasteiger partial charge < -0.3 is 4.52 Å². The molecule has 1 aromatic carbocycles. The first-order valence-electron chi connectivity index (χ1n) is 7.08. The van der Waals surface area contributed by atoms with Gasteiger partial charge in [-0.15, -0.1) is 8.03 Å². The Bertz CT molecular complexity index is 382. The molecule has 1 aliphatic rings. The van der Waals surface area contributed by atoms with Gasteiger partial charge in [-0.05, 0) is 35.9 Å². The summed E-state index contributed by atoms with van der Waals surface area (Å²) in [5, 5.41) is 1.47. The minimum absolute atomic E-state index is 0.219. The fourth-order valence-corrected chi connectivity index (χ4v) is 3.65. The Morgan fingerprint density at radius 3 is 2.53 bits per heavy atom. The van der Waals surface area contributed by atoms with E-state index in [4.69, 9.17) is 4.52 Å². The first-order chi connectivity index (χ1) is 9.08. The maximum Gasteiger partial charge on any atom is 0.0609 e. The van der Waals surface area contributed by atoms with Gasteiger partial charge in [-0.3, -0.25) is 0 Å². The van der Waals surface area contributed by atoms with Crippen LogP contribution in [0.4, 0.5) is 0 Å². The predicted molar refractivity (Wildman–Crippen MR) is 89.2 cm³/mol. The summed E-state index contributed by atoms with van der Waals surface area (Å²) in [5.41, 5.74) is 0. The molecule has 0 saturated heterocycles. The lowest BCUT2D eigenvalue weighted by Crippen LogP contribution is -2.33. The second kappa shape index (κ2) is 6.91. The summed E-state index contributed by atoms with van der Waals surface area (Å²) in [5.74, 6) is 2.39. The molecule has 1 fully saturated rings. The second-order valence-electron chi connectivity index (χ2n) is 5.90. The average Bonchev–Trinajstić information content (AvgIpc) is 2.39. The lowest BCUT2D eigenvalue weighted by atomic mass is 9.75. The fourth-order valence-electron chi connectivity index (χ4n) is 2.85. The molecule has 0 heterocycles. The molecule has 1 unspecified atom stereocenters. The smallest absolute Gasteiger partial charge is 0.0609 e. The molecule has 0 bridgehead atoms. The Morgan fingerprint density at radius 2 is 1.89 bits per heavy atom. The summed E-state index contributed by atoms with van der Waals surface area (Å²) in [6, 6.07) is 10.9. The van der Waals surface area contributed by atoms with Gasteiger partial charge in [-0.2, -0.15) is 0 Å². The average molecular weight is 277 g/mol. The van der Waals surface area contributed by atoms with Gasteiger partial charge >= 0.3 is 0 Å². The van der Waals surface area contributed by atoms with Crippen molar-refractivity contribution in [1.29, 1.82) is 0 Å². The zero-order chi connectivity index (χ0) is 13.8. The molecule has 0 aromatic heterocycles. The first kappa shape index (κ1) is 15.1. The second-order valence-corrected chi connectivity index (χ2v) is 6.81. The summed E-state index contributed by atoms with van der Waals surface area (Å²) in [4.78, 5) is 0. The van der Waals surface area contributed by atoms with Crippen molar-refractivity contribution in [2.45, 2.75) is 46.1 Å². The van der Waals surface area contributed by atoms with E-state index in [1.807, 2.05) is 0 Å². The highest BCUT2D eigenvalue weighted by molar-refractivity contribution is 7.84. The van der Waals surface area contributed by atoms with Crippen LogP contribution in [0, 0.1) is 17.8 Å². The van der Waals surface area contributed by atoms with Crippen molar-refractivity contribution in [1.82, 2.24) is 0 Å². The van der Waals surface area contributed by atoms with E-state index < -0.39 is 0 Å². The van der Waals surface area contributed by atoms with Crippen LogP contribution < -0.4 is 5.30 Å². The largest absolute Gasteiger partial charge is 0.392 e. The molecule has 0 aliphatic heterocycles. The number of benzene rings is 1. The predicted octanol–water partition coefficient (Wildman–Crippen LogP) is 3.47. The molecular weight excluding hydrogens is 250 g/mol. The van der Waals surface area contributed by atoms with E-state index in [1.54, 1.807) is 0 Å². The van der Waals surface area contributed by atoms with E-state index in [-0.39, 0.29) is 15.6 Å². The minimum atomic E-state index is -0.219. The summed E-state index contributed by atoms with van der Waals surface area (Å²) in [6.45, 7) is 7.12. The van der Waals surface area contributed by atoms with Crippen LogP contribution in [-0.4, -0.2) is 13.7 Å². The topological polar surface area (TPSA) is 9.23 Å². The van der Waals surface area contributed by atoms with Crippen molar-refractivity contribution in [2.75, 3.05) is 0 Å². The molecule has 0 amide bonds. The summed E-state index contributed by atoms with van der Waals surface area (Å²) in [7, 11) is 0.0199. The van der Waals surface area contributed by atoms with Gasteiger partial charge in [-0.1, -0.05) is 57.5 Å². The van der Waals surface area contributed by atoms with E-state index in [2.05, 4.69) is 51.1 Å². The summed E-state index contributed by atoms with van der Waals surface area (Å²) < 4.78 is 6.60. The monoisotopic (exact) mass is 277 g/mol. The number of hydrogen-bond donors (Lipinski definition) is 0. The van der Waals surface area contributed by atoms with Crippen molar-refractivity contribution in [3.8, 4) is 0 Å². The van der Waals surface area contributed by atoms with E-state index in [1.165, 1.54) is 24.6 Å². The molecule has 3 heteroatoms.